The third-order valence-electron chi connectivity index (χ3n) is 3.02. The Kier molecular flexibility index (Phi) is 4.74. The van der Waals surface area contributed by atoms with Gasteiger partial charge in [0.05, 0.1) is 0 Å². The van der Waals surface area contributed by atoms with Crippen molar-refractivity contribution in [1.29, 1.82) is 0 Å². The van der Waals surface area contributed by atoms with Gasteiger partial charge in [-0.2, -0.15) is 0 Å². The number of likely N-dealkylation sites (N-methyl/N-ethyl adjacent to an activating group) is 1. The van der Waals surface area contributed by atoms with Crippen LogP contribution in [-0.2, 0) is 0 Å². The van der Waals surface area contributed by atoms with Gasteiger partial charge in [0.15, 0.2) is 0 Å². The molecule has 0 aromatic carbocycles. The van der Waals surface area contributed by atoms with Crippen LogP contribution in [0.4, 0.5) is 0 Å². The lowest BCUT2D eigenvalue weighted by atomic mass is 10.2. The standard InChI is InChI=1S/C9H18N2.C2H6/c1-10-7-4-9(8-10)11-5-2-3-6-11;1-2/h9H,2-8H2,1H3;1-2H3. The molecule has 0 radical (unpaired) electrons. The first kappa shape index (κ1) is 11.0. The summed E-state index contributed by atoms with van der Waals surface area (Å²) in [6.07, 6.45) is 4.26. The predicted octanol–water partition coefficient (Wildman–Crippen LogP) is 1.81. The van der Waals surface area contributed by atoms with Gasteiger partial charge in [-0.1, -0.05) is 13.8 Å². The van der Waals surface area contributed by atoms with Crippen molar-refractivity contribution in [2.75, 3.05) is 33.2 Å². The summed E-state index contributed by atoms with van der Waals surface area (Å²) in [7, 11) is 2.23. The van der Waals surface area contributed by atoms with Crippen LogP contribution in [0.25, 0.3) is 0 Å². The van der Waals surface area contributed by atoms with Crippen LogP contribution in [0, 0.1) is 0 Å². The minimum atomic E-state index is 0.891. The Balaban J connectivity index is 0.000000396. The van der Waals surface area contributed by atoms with E-state index in [0.717, 1.165) is 6.04 Å². The average molecular weight is 184 g/mol. The van der Waals surface area contributed by atoms with Crippen LogP contribution < -0.4 is 0 Å². The third-order valence-corrected chi connectivity index (χ3v) is 3.02. The van der Waals surface area contributed by atoms with Crippen LogP contribution >= 0.6 is 0 Å². The van der Waals surface area contributed by atoms with E-state index >= 15 is 0 Å². The smallest absolute Gasteiger partial charge is 0.0235 e. The molecule has 0 amide bonds. The van der Waals surface area contributed by atoms with Gasteiger partial charge in [-0.15, -0.1) is 0 Å². The van der Waals surface area contributed by atoms with Crippen molar-refractivity contribution in [1.82, 2.24) is 9.80 Å². The van der Waals surface area contributed by atoms with Crippen LogP contribution in [0.2, 0.25) is 0 Å². The van der Waals surface area contributed by atoms with Crippen LogP contribution in [0.1, 0.15) is 33.1 Å². The topological polar surface area (TPSA) is 6.48 Å². The first-order valence-electron chi connectivity index (χ1n) is 5.79. The fraction of sp³-hybridized carbons (Fsp3) is 1.00. The van der Waals surface area contributed by atoms with Crippen molar-refractivity contribution in [2.45, 2.75) is 39.2 Å². The SMILES string of the molecule is CC.CN1CCC(N2CCCC2)C1. The Bertz CT molecular complexity index is 130. The molecular weight excluding hydrogens is 160 g/mol. The van der Waals surface area contributed by atoms with Crippen molar-refractivity contribution >= 4 is 0 Å². The molecule has 1 atom stereocenters. The molecule has 0 saturated carbocycles. The molecule has 1 unspecified atom stereocenters. The maximum absolute atomic E-state index is 2.67. The summed E-state index contributed by atoms with van der Waals surface area (Å²) < 4.78 is 0. The maximum Gasteiger partial charge on any atom is 0.0235 e. The summed E-state index contributed by atoms with van der Waals surface area (Å²) in [5, 5.41) is 0. The van der Waals surface area contributed by atoms with Gasteiger partial charge >= 0.3 is 0 Å². The lowest BCUT2D eigenvalue weighted by Crippen LogP contribution is -2.34. The zero-order chi connectivity index (χ0) is 9.68. The molecule has 2 heterocycles. The summed E-state index contributed by atoms with van der Waals surface area (Å²) in [5.74, 6) is 0. The molecule has 2 aliphatic heterocycles. The number of hydrogen-bond acceptors (Lipinski definition) is 2. The maximum atomic E-state index is 2.67. The van der Waals surface area contributed by atoms with Gasteiger partial charge in [-0.05, 0) is 45.9 Å². The molecule has 13 heavy (non-hydrogen) atoms. The highest BCUT2D eigenvalue weighted by Gasteiger charge is 2.26. The Hall–Kier alpha value is -0.0800. The van der Waals surface area contributed by atoms with E-state index in [-0.39, 0.29) is 0 Å². The highest BCUT2D eigenvalue weighted by Crippen LogP contribution is 2.18. The van der Waals surface area contributed by atoms with E-state index in [2.05, 4.69) is 16.8 Å². The lowest BCUT2D eigenvalue weighted by molar-refractivity contribution is 0.242. The normalized spacial score (nSPS) is 30.2. The number of hydrogen-bond donors (Lipinski definition) is 0. The Labute approximate surface area is 82.9 Å². The molecule has 0 bridgehead atoms. The van der Waals surface area contributed by atoms with E-state index in [1.807, 2.05) is 13.8 Å². The van der Waals surface area contributed by atoms with Crippen molar-refractivity contribution in [2.24, 2.45) is 0 Å². The summed E-state index contributed by atoms with van der Waals surface area (Å²) in [5.41, 5.74) is 0. The van der Waals surface area contributed by atoms with Crippen molar-refractivity contribution in [3.63, 3.8) is 0 Å². The van der Waals surface area contributed by atoms with Crippen LogP contribution in [0.15, 0.2) is 0 Å². The lowest BCUT2D eigenvalue weighted by Gasteiger charge is -2.22. The monoisotopic (exact) mass is 184 g/mol. The summed E-state index contributed by atoms with van der Waals surface area (Å²) in [6, 6.07) is 0.891. The highest BCUT2D eigenvalue weighted by molar-refractivity contribution is 4.83. The molecule has 2 saturated heterocycles. The van der Waals surface area contributed by atoms with Gasteiger partial charge < -0.3 is 4.90 Å². The van der Waals surface area contributed by atoms with Crippen molar-refractivity contribution < 1.29 is 0 Å². The molecule has 0 spiro atoms. The van der Waals surface area contributed by atoms with Gasteiger partial charge in [0.1, 0.15) is 0 Å². The van der Waals surface area contributed by atoms with E-state index in [4.69, 9.17) is 0 Å². The fourth-order valence-electron chi connectivity index (χ4n) is 2.32. The van der Waals surface area contributed by atoms with Crippen LogP contribution in [0.3, 0.4) is 0 Å². The van der Waals surface area contributed by atoms with Gasteiger partial charge in [0.25, 0.3) is 0 Å². The van der Waals surface area contributed by atoms with E-state index in [1.165, 1.54) is 45.4 Å². The molecular formula is C11H24N2. The average Bonchev–Trinajstić information content (AvgIpc) is 2.77. The van der Waals surface area contributed by atoms with Crippen molar-refractivity contribution in [3.05, 3.63) is 0 Å². The molecule has 78 valence electrons. The summed E-state index contributed by atoms with van der Waals surface area (Å²) in [4.78, 5) is 5.12. The second kappa shape index (κ2) is 5.61. The van der Waals surface area contributed by atoms with Gasteiger partial charge in [-0.25, -0.2) is 0 Å². The molecule has 2 rings (SSSR count). The Morgan fingerprint density at radius 3 is 2.08 bits per heavy atom. The fourth-order valence-corrected chi connectivity index (χ4v) is 2.32. The zero-order valence-corrected chi connectivity index (χ0v) is 9.42. The largest absolute Gasteiger partial charge is 0.305 e. The van der Waals surface area contributed by atoms with Crippen LogP contribution in [-0.4, -0.2) is 49.1 Å². The number of likely N-dealkylation sites (tertiary alicyclic amines) is 2. The molecule has 2 heteroatoms. The first-order chi connectivity index (χ1) is 6.36. The number of rotatable bonds is 1. The summed E-state index contributed by atoms with van der Waals surface area (Å²) >= 11 is 0. The first-order valence-corrected chi connectivity index (χ1v) is 5.79. The second-order valence-corrected chi connectivity index (χ2v) is 3.95. The van der Waals surface area contributed by atoms with E-state index in [9.17, 15) is 0 Å². The second-order valence-electron chi connectivity index (χ2n) is 3.95. The van der Waals surface area contributed by atoms with Crippen molar-refractivity contribution in [3.8, 4) is 0 Å². The van der Waals surface area contributed by atoms with Gasteiger partial charge in [0, 0.05) is 12.6 Å². The minimum absolute atomic E-state index is 0.891. The van der Waals surface area contributed by atoms with Gasteiger partial charge in [-0.3, -0.25) is 4.90 Å². The van der Waals surface area contributed by atoms with E-state index in [0.29, 0.717) is 0 Å². The van der Waals surface area contributed by atoms with Crippen LogP contribution in [0.5, 0.6) is 0 Å². The highest BCUT2D eigenvalue weighted by atomic mass is 15.2. The quantitative estimate of drug-likeness (QED) is 0.613. The van der Waals surface area contributed by atoms with Gasteiger partial charge in [0.2, 0.25) is 0 Å². The Morgan fingerprint density at radius 1 is 1.00 bits per heavy atom. The molecule has 0 N–H and O–H groups in total. The van der Waals surface area contributed by atoms with E-state index < -0.39 is 0 Å². The molecule has 2 aliphatic rings. The molecule has 0 aromatic rings. The Morgan fingerprint density at radius 2 is 1.62 bits per heavy atom. The molecule has 2 fully saturated rings. The zero-order valence-electron chi connectivity index (χ0n) is 9.42. The molecule has 0 aromatic heterocycles. The van der Waals surface area contributed by atoms with E-state index in [1.54, 1.807) is 0 Å². The molecule has 0 aliphatic carbocycles. The predicted molar refractivity (Wildman–Crippen MR) is 58.1 cm³/mol. The minimum Gasteiger partial charge on any atom is -0.305 e. The number of nitrogens with zero attached hydrogens (tertiary/aromatic N) is 2. The summed E-state index contributed by atoms with van der Waals surface area (Å²) in [6.45, 7) is 9.33. The third kappa shape index (κ3) is 2.96. The molecule has 2 nitrogen and oxygen atoms in total.